The molecule has 0 spiro atoms. The highest BCUT2D eigenvalue weighted by molar-refractivity contribution is 5.30. The topological polar surface area (TPSA) is 3.24 Å². The number of nitrogens with zero attached hydrogens (tertiary/aromatic N) is 1. The third-order valence-electron chi connectivity index (χ3n) is 4.73. The lowest BCUT2D eigenvalue weighted by molar-refractivity contribution is 0.164. The minimum atomic E-state index is 0.818. The number of benzene rings is 1. The first-order valence-corrected chi connectivity index (χ1v) is 7.74. The van der Waals surface area contributed by atoms with Gasteiger partial charge in [-0.05, 0) is 56.3 Å². The molecule has 1 aliphatic heterocycles. The summed E-state index contributed by atoms with van der Waals surface area (Å²) in [6.07, 6.45) is 11.1. The van der Waals surface area contributed by atoms with Crippen LogP contribution in [0.25, 0.3) is 0 Å². The van der Waals surface area contributed by atoms with E-state index >= 15 is 0 Å². The van der Waals surface area contributed by atoms with Crippen molar-refractivity contribution in [3.05, 3.63) is 35.4 Å². The summed E-state index contributed by atoms with van der Waals surface area (Å²) in [5.74, 6) is 0. The molecule has 1 saturated heterocycles. The average Bonchev–Trinajstić information content (AvgIpc) is 2.38. The fourth-order valence-corrected chi connectivity index (χ4v) is 3.63. The van der Waals surface area contributed by atoms with E-state index in [2.05, 4.69) is 29.2 Å². The number of aryl methyl sites for hydroxylation is 1. The summed E-state index contributed by atoms with van der Waals surface area (Å²) in [5.41, 5.74) is 3.21. The number of rotatable bonds is 1. The van der Waals surface area contributed by atoms with Crippen LogP contribution in [0.5, 0.6) is 0 Å². The Bertz CT molecular complexity index is 377. The molecule has 1 aromatic rings. The molecule has 1 fully saturated rings. The van der Waals surface area contributed by atoms with Gasteiger partial charge in [-0.2, -0.15) is 0 Å². The van der Waals surface area contributed by atoms with Crippen molar-refractivity contribution >= 4 is 0 Å². The summed E-state index contributed by atoms with van der Waals surface area (Å²) >= 11 is 0. The normalized spacial score (nSPS) is 26.1. The molecule has 2 aliphatic rings. The molecule has 0 aromatic heterocycles. The van der Waals surface area contributed by atoms with Crippen LogP contribution in [0.3, 0.4) is 0 Å². The second kappa shape index (κ2) is 5.88. The second-order valence-corrected chi connectivity index (χ2v) is 5.97. The Balaban J connectivity index is 1.66. The molecule has 18 heavy (non-hydrogen) atoms. The molecule has 1 heteroatoms. The van der Waals surface area contributed by atoms with Gasteiger partial charge in [-0.15, -0.1) is 0 Å². The van der Waals surface area contributed by atoms with Gasteiger partial charge in [-0.1, -0.05) is 43.5 Å². The quantitative estimate of drug-likeness (QED) is 0.725. The largest absolute Gasteiger partial charge is 0.300 e. The maximum Gasteiger partial charge on any atom is 0.0139 e. The van der Waals surface area contributed by atoms with Gasteiger partial charge in [0.2, 0.25) is 0 Å². The lowest BCUT2D eigenvalue weighted by Gasteiger charge is -2.36. The Morgan fingerprint density at radius 1 is 0.833 bits per heavy atom. The second-order valence-electron chi connectivity index (χ2n) is 5.97. The summed E-state index contributed by atoms with van der Waals surface area (Å²) in [5, 5.41) is 0. The monoisotopic (exact) mass is 243 g/mol. The molecule has 3 rings (SSSR count). The van der Waals surface area contributed by atoms with Crippen LogP contribution in [-0.2, 0) is 12.8 Å². The van der Waals surface area contributed by atoms with Crippen LogP contribution in [0.2, 0.25) is 0 Å². The fraction of sp³-hybridized carbons (Fsp3) is 0.647. The van der Waals surface area contributed by atoms with Gasteiger partial charge in [-0.3, -0.25) is 0 Å². The first-order chi connectivity index (χ1) is 8.93. The van der Waals surface area contributed by atoms with Gasteiger partial charge in [-0.25, -0.2) is 0 Å². The van der Waals surface area contributed by atoms with Crippen molar-refractivity contribution in [1.82, 2.24) is 4.90 Å². The van der Waals surface area contributed by atoms with Crippen molar-refractivity contribution in [3.8, 4) is 0 Å². The molecular formula is C17H25N. The summed E-state index contributed by atoms with van der Waals surface area (Å²) < 4.78 is 0. The van der Waals surface area contributed by atoms with Gasteiger partial charge in [0.25, 0.3) is 0 Å². The highest BCUT2D eigenvalue weighted by atomic mass is 15.1. The van der Waals surface area contributed by atoms with Crippen LogP contribution >= 0.6 is 0 Å². The molecule has 0 radical (unpaired) electrons. The Kier molecular flexibility index (Phi) is 3.99. The van der Waals surface area contributed by atoms with E-state index in [1.54, 1.807) is 11.1 Å². The third kappa shape index (κ3) is 2.77. The van der Waals surface area contributed by atoms with Crippen molar-refractivity contribution in [2.45, 2.75) is 57.4 Å². The van der Waals surface area contributed by atoms with E-state index < -0.39 is 0 Å². The molecule has 0 bridgehead atoms. The first-order valence-electron chi connectivity index (χ1n) is 7.74. The van der Waals surface area contributed by atoms with Crippen LogP contribution in [-0.4, -0.2) is 24.0 Å². The number of hydrogen-bond donors (Lipinski definition) is 0. The molecule has 1 aromatic carbocycles. The smallest absolute Gasteiger partial charge is 0.0139 e. The Labute approximate surface area is 111 Å². The van der Waals surface area contributed by atoms with Crippen molar-refractivity contribution in [3.63, 3.8) is 0 Å². The Morgan fingerprint density at radius 3 is 2.28 bits per heavy atom. The van der Waals surface area contributed by atoms with E-state index in [4.69, 9.17) is 0 Å². The van der Waals surface area contributed by atoms with Crippen molar-refractivity contribution in [2.24, 2.45) is 0 Å². The lowest BCUT2D eigenvalue weighted by Crippen LogP contribution is -2.41. The Morgan fingerprint density at radius 2 is 1.50 bits per heavy atom. The minimum Gasteiger partial charge on any atom is -0.300 e. The lowest BCUT2D eigenvalue weighted by atomic mass is 9.87. The van der Waals surface area contributed by atoms with Gasteiger partial charge >= 0.3 is 0 Å². The SMILES string of the molecule is c1ccc2c(c1)CCC(N1CCCCCCC1)C2. The van der Waals surface area contributed by atoms with E-state index in [1.165, 1.54) is 64.5 Å². The molecule has 0 N–H and O–H groups in total. The van der Waals surface area contributed by atoms with Gasteiger partial charge in [0, 0.05) is 6.04 Å². The van der Waals surface area contributed by atoms with Crippen LogP contribution in [0.4, 0.5) is 0 Å². The minimum absolute atomic E-state index is 0.818. The molecule has 1 unspecified atom stereocenters. The maximum absolute atomic E-state index is 2.79. The van der Waals surface area contributed by atoms with Gasteiger partial charge in [0.05, 0.1) is 0 Å². The van der Waals surface area contributed by atoms with E-state index in [1.807, 2.05) is 0 Å². The highest BCUT2D eigenvalue weighted by Gasteiger charge is 2.23. The van der Waals surface area contributed by atoms with Crippen LogP contribution in [0.15, 0.2) is 24.3 Å². The Hall–Kier alpha value is -0.820. The van der Waals surface area contributed by atoms with Crippen molar-refractivity contribution in [1.29, 1.82) is 0 Å². The van der Waals surface area contributed by atoms with Crippen LogP contribution in [0, 0.1) is 0 Å². The average molecular weight is 243 g/mol. The summed E-state index contributed by atoms with van der Waals surface area (Å²) in [4.78, 5) is 2.79. The summed E-state index contributed by atoms with van der Waals surface area (Å²) in [6, 6.07) is 9.87. The summed E-state index contributed by atoms with van der Waals surface area (Å²) in [7, 11) is 0. The zero-order valence-corrected chi connectivity index (χ0v) is 11.4. The van der Waals surface area contributed by atoms with Gasteiger partial charge in [0.15, 0.2) is 0 Å². The van der Waals surface area contributed by atoms with Gasteiger partial charge < -0.3 is 4.90 Å². The predicted molar refractivity (Wildman–Crippen MR) is 76.9 cm³/mol. The van der Waals surface area contributed by atoms with E-state index in [0.29, 0.717) is 0 Å². The van der Waals surface area contributed by atoms with E-state index in [9.17, 15) is 0 Å². The van der Waals surface area contributed by atoms with Crippen molar-refractivity contribution < 1.29 is 0 Å². The third-order valence-corrected chi connectivity index (χ3v) is 4.73. The molecular weight excluding hydrogens is 218 g/mol. The van der Waals surface area contributed by atoms with Crippen LogP contribution < -0.4 is 0 Å². The zero-order valence-electron chi connectivity index (χ0n) is 11.4. The maximum atomic E-state index is 2.79. The predicted octanol–water partition coefficient (Wildman–Crippen LogP) is 3.81. The van der Waals surface area contributed by atoms with E-state index in [0.717, 1.165) is 6.04 Å². The molecule has 1 heterocycles. The molecule has 1 atom stereocenters. The summed E-state index contributed by atoms with van der Waals surface area (Å²) in [6.45, 7) is 2.68. The number of likely N-dealkylation sites (tertiary alicyclic amines) is 1. The number of hydrogen-bond acceptors (Lipinski definition) is 1. The van der Waals surface area contributed by atoms with Crippen LogP contribution in [0.1, 0.15) is 49.7 Å². The molecule has 1 nitrogen and oxygen atoms in total. The van der Waals surface area contributed by atoms with Crippen molar-refractivity contribution in [2.75, 3.05) is 13.1 Å². The number of fused-ring (bicyclic) bond motifs is 1. The molecule has 98 valence electrons. The standard InChI is InChI=1S/C17H25N/c1-2-6-12-18(13-7-3-1)17-11-10-15-8-4-5-9-16(15)14-17/h4-5,8-9,17H,1-3,6-7,10-14H2. The molecule has 0 amide bonds. The molecule has 1 aliphatic carbocycles. The van der Waals surface area contributed by atoms with E-state index in [-0.39, 0.29) is 0 Å². The van der Waals surface area contributed by atoms with Gasteiger partial charge in [0.1, 0.15) is 0 Å². The molecule has 0 saturated carbocycles. The first kappa shape index (κ1) is 12.2. The highest BCUT2D eigenvalue weighted by Crippen LogP contribution is 2.25. The zero-order chi connectivity index (χ0) is 12.2. The fourth-order valence-electron chi connectivity index (χ4n) is 3.63.